The monoisotopic (exact) mass is 592 g/mol. The maximum absolute atomic E-state index is 2.66. The number of hydrogen-bond acceptors (Lipinski definition) is 0. The number of benzene rings is 3. The van der Waals surface area contributed by atoms with Gasteiger partial charge in [0.2, 0.25) is 0 Å². The minimum absolute atomic E-state index is 0. The van der Waals surface area contributed by atoms with Crippen molar-refractivity contribution in [2.24, 2.45) is 11.3 Å². The van der Waals surface area contributed by atoms with Crippen molar-refractivity contribution >= 4 is 3.21 Å². The van der Waals surface area contributed by atoms with Gasteiger partial charge in [-0.15, -0.1) is 0 Å². The Morgan fingerprint density at radius 3 is 1.83 bits per heavy atom. The number of halogens is 2. The van der Waals surface area contributed by atoms with Crippen molar-refractivity contribution in [1.82, 2.24) is 0 Å². The van der Waals surface area contributed by atoms with Crippen molar-refractivity contribution in [2.75, 3.05) is 0 Å². The van der Waals surface area contributed by atoms with Crippen LogP contribution in [0.15, 0.2) is 99.9 Å². The van der Waals surface area contributed by atoms with Crippen LogP contribution in [0.25, 0.3) is 11.1 Å². The number of rotatable bonds is 5. The average Bonchev–Trinajstić information content (AvgIpc) is 3.41. The zero-order chi connectivity index (χ0) is 23.9. The Morgan fingerprint density at radius 1 is 0.778 bits per heavy atom. The van der Waals surface area contributed by atoms with Gasteiger partial charge in [0, 0.05) is 0 Å². The number of hydrogen-bond donors (Lipinski definition) is 0. The van der Waals surface area contributed by atoms with E-state index in [1.807, 2.05) is 0 Å². The minimum Gasteiger partial charge on any atom is -1.00 e. The van der Waals surface area contributed by atoms with E-state index in [9.17, 15) is 0 Å². The largest absolute Gasteiger partial charge is 1.00 e. The third kappa shape index (κ3) is 5.36. The molecule has 5 rings (SSSR count). The summed E-state index contributed by atoms with van der Waals surface area (Å²) in [4.78, 5) is 0. The second kappa shape index (κ2) is 11.9. The molecule has 3 heteroatoms. The van der Waals surface area contributed by atoms with Gasteiger partial charge in [-0.3, -0.25) is 0 Å². The van der Waals surface area contributed by atoms with Gasteiger partial charge in [-0.25, -0.2) is 0 Å². The van der Waals surface area contributed by atoms with Crippen LogP contribution in [0.1, 0.15) is 67.8 Å². The predicted molar refractivity (Wildman–Crippen MR) is 144 cm³/mol. The summed E-state index contributed by atoms with van der Waals surface area (Å²) in [6.07, 6.45) is 7.78. The van der Waals surface area contributed by atoms with Crippen molar-refractivity contribution in [1.29, 1.82) is 0 Å². The smallest absolute Gasteiger partial charge is 1.00 e. The summed E-state index contributed by atoms with van der Waals surface area (Å²) in [6.45, 7) is 11.9. The molecular weight excluding hydrogens is 558 g/mol. The Kier molecular flexibility index (Phi) is 9.59. The van der Waals surface area contributed by atoms with E-state index in [1.54, 1.807) is 23.2 Å². The molecule has 2 aliphatic rings. The van der Waals surface area contributed by atoms with E-state index in [0.717, 1.165) is 0 Å². The van der Waals surface area contributed by atoms with E-state index in [0.29, 0.717) is 9.54 Å². The molecule has 1 unspecified atom stereocenters. The van der Waals surface area contributed by atoms with E-state index in [2.05, 4.69) is 126 Å². The molecule has 0 bridgehead atoms. The van der Waals surface area contributed by atoms with Gasteiger partial charge in [-0.05, 0) is 0 Å². The standard InChI is InChI=1S/C13H9.C12H19.C8H8.2ClH.Zr/c1-3-7-12-10(5-1)9-11-6-2-4-8-13(11)12;1-5-6-10-7-8-11(9-10)12(2,3)4;1-2-8-6-4-3-5-7-8;;;/h1-9H;8-10H,5-6H2,1-4H3;3-7H,1H3;2*1H;/q;;;;;+2/p-2. The molecule has 0 fully saturated rings. The molecule has 0 heterocycles. The van der Waals surface area contributed by atoms with Crippen LogP contribution in [0.3, 0.4) is 0 Å². The average molecular weight is 595 g/mol. The third-order valence-electron chi connectivity index (χ3n) is 7.60. The van der Waals surface area contributed by atoms with Crippen LogP contribution >= 0.6 is 0 Å². The summed E-state index contributed by atoms with van der Waals surface area (Å²) in [5, 5.41) is 0. The van der Waals surface area contributed by atoms with Crippen molar-refractivity contribution < 1.29 is 46.1 Å². The molecule has 1 atom stereocenters. The first-order valence-corrected chi connectivity index (χ1v) is 16.7. The summed E-state index contributed by atoms with van der Waals surface area (Å²) in [7, 11) is 0. The Hall–Kier alpha value is -1.53. The zero-order valence-electron chi connectivity index (χ0n) is 22.0. The van der Waals surface area contributed by atoms with Crippen molar-refractivity contribution in [2.45, 2.75) is 51.1 Å². The third-order valence-corrected chi connectivity index (χ3v) is 16.0. The molecule has 0 saturated carbocycles. The number of fused-ring (bicyclic) bond motifs is 3. The molecule has 0 aromatic heterocycles. The minimum atomic E-state index is -2.42. The van der Waals surface area contributed by atoms with E-state index < -0.39 is 21.3 Å². The Morgan fingerprint density at radius 2 is 1.31 bits per heavy atom. The van der Waals surface area contributed by atoms with Gasteiger partial charge in [0.1, 0.15) is 0 Å². The maximum atomic E-state index is 2.66. The first-order valence-electron chi connectivity index (χ1n) is 12.8. The van der Waals surface area contributed by atoms with Gasteiger partial charge < -0.3 is 24.8 Å². The van der Waals surface area contributed by atoms with Crippen molar-refractivity contribution in [3.05, 3.63) is 117 Å². The van der Waals surface area contributed by atoms with Gasteiger partial charge in [-0.2, -0.15) is 0 Å². The summed E-state index contributed by atoms with van der Waals surface area (Å²) in [6, 6.07) is 29.7. The van der Waals surface area contributed by atoms with Crippen LogP contribution in [-0.2, 0) is 21.3 Å². The second-order valence-corrected chi connectivity index (χ2v) is 17.6. The van der Waals surface area contributed by atoms with Gasteiger partial charge in [0.25, 0.3) is 0 Å². The molecule has 0 nitrogen and oxygen atoms in total. The first kappa shape index (κ1) is 29.0. The fourth-order valence-corrected chi connectivity index (χ4v) is 15.0. The maximum Gasteiger partial charge on any atom is -1.00 e. The van der Waals surface area contributed by atoms with Crippen LogP contribution in [0.5, 0.6) is 0 Å². The summed E-state index contributed by atoms with van der Waals surface area (Å²) in [5.41, 5.74) is 9.21. The molecular formula is C33H36Cl2Zr. The Balaban J connectivity index is 0.00000180. The molecule has 3 aromatic rings. The van der Waals surface area contributed by atoms with Gasteiger partial charge >= 0.3 is 215 Å². The fraction of sp³-hybridized carbons (Fsp3) is 0.303. The van der Waals surface area contributed by atoms with Crippen molar-refractivity contribution in [3.8, 4) is 11.1 Å². The van der Waals surface area contributed by atoms with Crippen LogP contribution in [0, 0.1) is 11.3 Å². The van der Waals surface area contributed by atoms with Gasteiger partial charge in [0.15, 0.2) is 0 Å². The topological polar surface area (TPSA) is 0 Å². The molecule has 2 aliphatic carbocycles. The quantitative estimate of drug-likeness (QED) is 0.427. The normalized spacial score (nSPS) is 16.7. The van der Waals surface area contributed by atoms with E-state index in [1.165, 1.54) is 29.5 Å². The van der Waals surface area contributed by atoms with Gasteiger partial charge in [-0.1, -0.05) is 0 Å². The van der Waals surface area contributed by atoms with Crippen molar-refractivity contribution in [3.63, 3.8) is 0 Å². The van der Waals surface area contributed by atoms with E-state index in [4.69, 9.17) is 0 Å². The van der Waals surface area contributed by atoms with Crippen LogP contribution in [-0.4, -0.2) is 3.21 Å². The second-order valence-electron chi connectivity index (χ2n) is 10.9. The van der Waals surface area contributed by atoms with E-state index in [-0.39, 0.29) is 30.2 Å². The molecule has 186 valence electrons. The zero-order valence-corrected chi connectivity index (χ0v) is 26.0. The molecule has 0 amide bonds. The molecule has 0 saturated heterocycles. The summed E-state index contributed by atoms with van der Waals surface area (Å²) < 4.78 is 4.01. The van der Waals surface area contributed by atoms with Gasteiger partial charge in [0.05, 0.1) is 0 Å². The Labute approximate surface area is 237 Å². The molecule has 0 aliphatic heterocycles. The summed E-state index contributed by atoms with van der Waals surface area (Å²) in [5.74, 6) is 0.590. The fourth-order valence-electron chi connectivity index (χ4n) is 5.83. The summed E-state index contributed by atoms with van der Waals surface area (Å²) >= 11 is -2.42. The van der Waals surface area contributed by atoms with E-state index >= 15 is 0 Å². The molecule has 0 N–H and O–H groups in total. The molecule has 0 radical (unpaired) electrons. The van der Waals surface area contributed by atoms with Crippen LogP contribution in [0.4, 0.5) is 0 Å². The first-order chi connectivity index (χ1) is 16.4. The Bertz CT molecular complexity index is 1260. The molecule has 36 heavy (non-hydrogen) atoms. The SMILES string of the molecule is CCCC1C=C(C(C)(C)C)C=[C]1/[Zr+2](=[C](/C)c1ccccc1)[CH]1c2ccccc2-c2ccccc21.[Cl-].[Cl-]. The molecule has 0 spiro atoms. The molecule has 3 aromatic carbocycles. The predicted octanol–water partition coefficient (Wildman–Crippen LogP) is 2.91. The van der Waals surface area contributed by atoms with Crippen LogP contribution in [0.2, 0.25) is 0 Å². The number of allylic oxidation sites excluding steroid dienone is 4. The van der Waals surface area contributed by atoms with Crippen LogP contribution < -0.4 is 24.8 Å².